The predicted octanol–water partition coefficient (Wildman–Crippen LogP) is 3.34. The lowest BCUT2D eigenvalue weighted by molar-refractivity contribution is 0.0750. The van der Waals surface area contributed by atoms with Crippen LogP contribution in [0, 0.1) is 0 Å². The van der Waals surface area contributed by atoms with Crippen LogP contribution in [0.3, 0.4) is 0 Å². The number of carbonyl (C=O) groups excluding carboxylic acids is 2. The fraction of sp³-hybridized carbons (Fsp3) is 0.100. The zero-order valence-corrected chi connectivity index (χ0v) is 12.9. The van der Waals surface area contributed by atoms with Crippen molar-refractivity contribution >= 4 is 11.6 Å². The molecular weight excluding hydrogens is 302 g/mol. The Hall–Kier alpha value is -2.98. The van der Waals surface area contributed by atoms with E-state index < -0.39 is 5.54 Å². The van der Waals surface area contributed by atoms with Crippen LogP contribution >= 0.6 is 0 Å². The smallest absolute Gasteiger partial charge is 0.196 e. The minimum Gasteiger partial charge on any atom is -0.468 e. The minimum atomic E-state index is -1.41. The third-order valence-corrected chi connectivity index (χ3v) is 4.41. The first-order chi connectivity index (χ1) is 11.7. The number of furan rings is 1. The summed E-state index contributed by atoms with van der Waals surface area (Å²) in [5.74, 6) is 0.226. The van der Waals surface area contributed by atoms with Crippen molar-refractivity contribution in [1.82, 2.24) is 5.32 Å². The van der Waals surface area contributed by atoms with Gasteiger partial charge < -0.3 is 4.42 Å². The molecule has 0 spiro atoms. The standard InChI is InChI=1S/C20H15NO3/c22-18-16-10-4-5-11-17(16)19(23)20(18,14-7-2-1-3-8-14)21-13-15-9-6-12-24-15/h1-12,21H,13H2. The van der Waals surface area contributed by atoms with Crippen molar-refractivity contribution in [3.63, 3.8) is 0 Å². The van der Waals surface area contributed by atoms with Gasteiger partial charge in [-0.15, -0.1) is 0 Å². The molecule has 0 amide bonds. The highest BCUT2D eigenvalue weighted by molar-refractivity contribution is 6.32. The maximum absolute atomic E-state index is 13.2. The van der Waals surface area contributed by atoms with Crippen LogP contribution < -0.4 is 5.32 Å². The zero-order chi connectivity index (χ0) is 16.6. The Morgan fingerprint density at radius 1 is 0.792 bits per heavy atom. The fourth-order valence-electron chi connectivity index (χ4n) is 3.23. The van der Waals surface area contributed by atoms with Crippen LogP contribution in [-0.2, 0) is 12.1 Å². The lowest BCUT2D eigenvalue weighted by Gasteiger charge is -2.27. The summed E-state index contributed by atoms with van der Waals surface area (Å²) in [6, 6.07) is 19.7. The number of fused-ring (bicyclic) bond motifs is 1. The van der Waals surface area contributed by atoms with Gasteiger partial charge in [0.1, 0.15) is 5.76 Å². The lowest BCUT2D eigenvalue weighted by Crippen LogP contribution is -2.51. The van der Waals surface area contributed by atoms with Gasteiger partial charge >= 0.3 is 0 Å². The second-order valence-electron chi connectivity index (χ2n) is 5.75. The lowest BCUT2D eigenvalue weighted by atomic mass is 9.84. The third-order valence-electron chi connectivity index (χ3n) is 4.41. The summed E-state index contributed by atoms with van der Waals surface area (Å²) < 4.78 is 5.34. The molecule has 118 valence electrons. The first kappa shape index (κ1) is 14.6. The molecular formula is C20H15NO3. The van der Waals surface area contributed by atoms with Gasteiger partial charge in [0.15, 0.2) is 17.1 Å². The van der Waals surface area contributed by atoms with Crippen LogP contribution in [0.25, 0.3) is 0 Å². The van der Waals surface area contributed by atoms with Crippen molar-refractivity contribution in [1.29, 1.82) is 0 Å². The van der Waals surface area contributed by atoms with Gasteiger partial charge in [0.2, 0.25) is 0 Å². The van der Waals surface area contributed by atoms with Gasteiger partial charge in [-0.1, -0.05) is 54.6 Å². The largest absolute Gasteiger partial charge is 0.468 e. The van der Waals surface area contributed by atoms with E-state index in [4.69, 9.17) is 4.42 Å². The molecule has 1 aromatic heterocycles. The number of Topliss-reactive ketones (excluding diaryl/α,β-unsaturated/α-hetero) is 2. The normalized spacial score (nSPS) is 15.5. The maximum Gasteiger partial charge on any atom is 0.196 e. The van der Waals surface area contributed by atoms with Crippen LogP contribution in [0.5, 0.6) is 0 Å². The summed E-state index contributed by atoms with van der Waals surface area (Å²) >= 11 is 0. The summed E-state index contributed by atoms with van der Waals surface area (Å²) in [7, 11) is 0. The summed E-state index contributed by atoms with van der Waals surface area (Å²) in [4.78, 5) is 26.4. The van der Waals surface area contributed by atoms with Gasteiger partial charge in [-0.25, -0.2) is 0 Å². The molecule has 4 rings (SSSR count). The molecule has 4 nitrogen and oxygen atoms in total. The number of ketones is 2. The van der Waals surface area contributed by atoms with Gasteiger partial charge in [0.05, 0.1) is 12.8 Å². The predicted molar refractivity (Wildman–Crippen MR) is 88.8 cm³/mol. The molecule has 1 aliphatic rings. The fourth-order valence-corrected chi connectivity index (χ4v) is 3.23. The number of hydrogen-bond acceptors (Lipinski definition) is 4. The molecule has 0 aliphatic heterocycles. The monoisotopic (exact) mass is 317 g/mol. The molecule has 0 fully saturated rings. The summed E-state index contributed by atoms with van der Waals surface area (Å²) in [6.07, 6.45) is 1.57. The van der Waals surface area contributed by atoms with Crippen molar-refractivity contribution in [2.75, 3.05) is 0 Å². The number of hydrogen-bond donors (Lipinski definition) is 1. The van der Waals surface area contributed by atoms with Gasteiger partial charge in [0.25, 0.3) is 0 Å². The summed E-state index contributed by atoms with van der Waals surface area (Å²) in [5, 5.41) is 3.17. The van der Waals surface area contributed by atoms with E-state index in [0.717, 1.165) is 0 Å². The van der Waals surface area contributed by atoms with Crippen LogP contribution in [0.15, 0.2) is 77.4 Å². The van der Waals surface area contributed by atoms with Crippen LogP contribution in [0.1, 0.15) is 32.0 Å². The van der Waals surface area contributed by atoms with E-state index in [1.54, 1.807) is 48.7 Å². The average molecular weight is 317 g/mol. The van der Waals surface area contributed by atoms with E-state index in [2.05, 4.69) is 5.32 Å². The third kappa shape index (κ3) is 2.04. The molecule has 1 aliphatic carbocycles. The molecule has 0 unspecified atom stereocenters. The average Bonchev–Trinajstić information content (AvgIpc) is 3.22. The molecule has 0 bridgehead atoms. The SMILES string of the molecule is O=C1c2ccccc2C(=O)C1(NCc1ccco1)c1ccccc1. The molecule has 3 aromatic rings. The molecule has 1 heterocycles. The van der Waals surface area contributed by atoms with Crippen LogP contribution in [0.2, 0.25) is 0 Å². The highest BCUT2D eigenvalue weighted by atomic mass is 16.3. The molecule has 4 heteroatoms. The second kappa shape index (κ2) is 5.58. The van der Waals surface area contributed by atoms with Crippen LogP contribution in [-0.4, -0.2) is 11.6 Å². The highest BCUT2D eigenvalue weighted by Gasteiger charge is 2.53. The van der Waals surface area contributed by atoms with Gasteiger partial charge in [-0.05, 0) is 17.7 Å². The number of nitrogens with one attached hydrogen (secondary N) is 1. The Kier molecular flexibility index (Phi) is 3.40. The van der Waals surface area contributed by atoms with Crippen molar-refractivity contribution in [2.24, 2.45) is 0 Å². The number of rotatable bonds is 4. The van der Waals surface area contributed by atoms with Crippen molar-refractivity contribution in [2.45, 2.75) is 12.1 Å². The van der Waals surface area contributed by atoms with E-state index in [-0.39, 0.29) is 18.1 Å². The topological polar surface area (TPSA) is 59.3 Å². The summed E-state index contributed by atoms with van der Waals surface area (Å²) in [5.41, 5.74) is 0.150. The Morgan fingerprint density at radius 3 is 2.00 bits per heavy atom. The van der Waals surface area contributed by atoms with E-state index in [1.807, 2.05) is 24.3 Å². The first-order valence-corrected chi connectivity index (χ1v) is 7.75. The van der Waals surface area contributed by atoms with Crippen molar-refractivity contribution in [3.8, 4) is 0 Å². The zero-order valence-electron chi connectivity index (χ0n) is 12.9. The molecule has 1 N–H and O–H groups in total. The first-order valence-electron chi connectivity index (χ1n) is 7.75. The van der Waals surface area contributed by atoms with E-state index in [0.29, 0.717) is 22.5 Å². The van der Waals surface area contributed by atoms with Gasteiger partial charge in [-0.3, -0.25) is 14.9 Å². The quantitative estimate of drug-likeness (QED) is 0.750. The number of benzene rings is 2. The Bertz CT molecular complexity index is 863. The second-order valence-corrected chi connectivity index (χ2v) is 5.75. The van der Waals surface area contributed by atoms with Gasteiger partial charge in [0, 0.05) is 11.1 Å². The Labute approximate surface area is 139 Å². The molecule has 0 saturated heterocycles. The van der Waals surface area contributed by atoms with E-state index >= 15 is 0 Å². The van der Waals surface area contributed by atoms with Crippen molar-refractivity contribution < 1.29 is 14.0 Å². The molecule has 2 aromatic carbocycles. The van der Waals surface area contributed by atoms with Gasteiger partial charge in [-0.2, -0.15) is 0 Å². The molecule has 0 radical (unpaired) electrons. The van der Waals surface area contributed by atoms with Crippen LogP contribution in [0.4, 0.5) is 0 Å². The molecule has 24 heavy (non-hydrogen) atoms. The van der Waals surface area contributed by atoms with Crippen molar-refractivity contribution in [3.05, 3.63) is 95.4 Å². The number of carbonyl (C=O) groups is 2. The van der Waals surface area contributed by atoms with E-state index in [9.17, 15) is 9.59 Å². The molecule has 0 atom stereocenters. The molecule has 0 saturated carbocycles. The maximum atomic E-state index is 13.2. The summed E-state index contributed by atoms with van der Waals surface area (Å²) in [6.45, 7) is 0.285. The minimum absolute atomic E-state index is 0.221. The Balaban J connectivity index is 1.83. The van der Waals surface area contributed by atoms with E-state index in [1.165, 1.54) is 0 Å². The Morgan fingerprint density at radius 2 is 1.42 bits per heavy atom. The highest BCUT2D eigenvalue weighted by Crippen LogP contribution is 2.38.